The average molecular weight is 271 g/mol. The van der Waals surface area contributed by atoms with Gasteiger partial charge in [-0.15, -0.1) is 0 Å². The number of hydrogen-bond donors (Lipinski definition) is 1. The number of benzene rings is 1. The second-order valence-corrected chi connectivity index (χ2v) is 6.02. The van der Waals surface area contributed by atoms with Gasteiger partial charge in [-0.1, -0.05) is 0 Å². The third-order valence-electron chi connectivity index (χ3n) is 2.96. The molecule has 5 nitrogen and oxygen atoms in total. The molecular weight excluding hydrogens is 254 g/mol. The summed E-state index contributed by atoms with van der Waals surface area (Å²) in [6.45, 7) is 1.77. The fraction of sp³-hybridized carbons (Fsp3) is 0.500. The number of methoxy groups -OCH3 is 1. The van der Waals surface area contributed by atoms with Crippen molar-refractivity contribution in [3.05, 3.63) is 24.3 Å². The summed E-state index contributed by atoms with van der Waals surface area (Å²) in [7, 11) is -1.89. The van der Waals surface area contributed by atoms with Crippen LogP contribution in [0, 0.1) is 5.92 Å². The monoisotopic (exact) mass is 271 g/mol. The first-order chi connectivity index (χ1) is 8.62. The number of rotatable bonds is 5. The zero-order valence-corrected chi connectivity index (χ0v) is 11.1. The van der Waals surface area contributed by atoms with Crippen LogP contribution in [0.2, 0.25) is 0 Å². The maximum atomic E-state index is 12.0. The zero-order valence-electron chi connectivity index (χ0n) is 10.3. The van der Waals surface area contributed by atoms with E-state index >= 15 is 0 Å². The Labute approximate surface area is 107 Å². The van der Waals surface area contributed by atoms with Crippen molar-refractivity contribution in [3.63, 3.8) is 0 Å². The number of ether oxygens (including phenoxy) is 2. The van der Waals surface area contributed by atoms with Crippen LogP contribution in [-0.4, -0.2) is 35.3 Å². The van der Waals surface area contributed by atoms with E-state index in [0.29, 0.717) is 18.9 Å². The van der Waals surface area contributed by atoms with Crippen molar-refractivity contribution in [3.8, 4) is 5.75 Å². The predicted molar refractivity (Wildman–Crippen MR) is 67.1 cm³/mol. The highest BCUT2D eigenvalue weighted by Gasteiger charge is 2.20. The molecule has 0 spiro atoms. The van der Waals surface area contributed by atoms with Crippen molar-refractivity contribution >= 4 is 10.0 Å². The molecule has 1 fully saturated rings. The van der Waals surface area contributed by atoms with Crippen LogP contribution in [0.3, 0.4) is 0 Å². The van der Waals surface area contributed by atoms with E-state index in [0.717, 1.165) is 13.0 Å². The van der Waals surface area contributed by atoms with E-state index in [-0.39, 0.29) is 10.8 Å². The molecule has 1 N–H and O–H groups in total. The number of hydrogen-bond acceptors (Lipinski definition) is 4. The minimum Gasteiger partial charge on any atom is -0.497 e. The maximum Gasteiger partial charge on any atom is 0.240 e. The lowest BCUT2D eigenvalue weighted by Gasteiger charge is -2.10. The topological polar surface area (TPSA) is 64.6 Å². The lowest BCUT2D eigenvalue weighted by atomic mass is 10.1. The summed E-state index contributed by atoms with van der Waals surface area (Å²) in [6, 6.07) is 6.33. The molecule has 0 unspecified atom stereocenters. The van der Waals surface area contributed by atoms with Crippen LogP contribution in [0.25, 0.3) is 0 Å². The van der Waals surface area contributed by atoms with Crippen LogP contribution in [0.5, 0.6) is 5.75 Å². The van der Waals surface area contributed by atoms with Crippen LogP contribution in [0.4, 0.5) is 0 Å². The van der Waals surface area contributed by atoms with Gasteiger partial charge in [0.2, 0.25) is 10.0 Å². The van der Waals surface area contributed by atoms with Crippen molar-refractivity contribution in [2.75, 3.05) is 26.9 Å². The summed E-state index contributed by atoms with van der Waals surface area (Å²) in [5, 5.41) is 0. The molecule has 1 aromatic carbocycles. The fourth-order valence-corrected chi connectivity index (χ4v) is 2.93. The third-order valence-corrected chi connectivity index (χ3v) is 4.40. The predicted octanol–water partition coefficient (Wildman–Crippen LogP) is 1.01. The van der Waals surface area contributed by atoms with Gasteiger partial charge in [0.15, 0.2) is 0 Å². The van der Waals surface area contributed by atoms with Crippen LogP contribution in [0.1, 0.15) is 6.42 Å². The summed E-state index contributed by atoms with van der Waals surface area (Å²) < 4.78 is 36.8. The van der Waals surface area contributed by atoms with E-state index in [1.165, 1.54) is 12.1 Å². The summed E-state index contributed by atoms with van der Waals surface area (Å²) in [5.41, 5.74) is 0. The molecule has 1 atom stereocenters. The molecule has 1 saturated heterocycles. The summed E-state index contributed by atoms with van der Waals surface area (Å²) >= 11 is 0. The van der Waals surface area contributed by atoms with E-state index in [1.807, 2.05) is 0 Å². The Balaban J connectivity index is 2.00. The molecule has 18 heavy (non-hydrogen) atoms. The Morgan fingerprint density at radius 3 is 2.67 bits per heavy atom. The molecule has 1 aliphatic heterocycles. The van der Waals surface area contributed by atoms with Crippen LogP contribution in [-0.2, 0) is 14.8 Å². The number of sulfonamides is 1. The standard InChI is InChI=1S/C12H17NO4S/c1-16-11-2-4-12(5-3-11)18(14,15)13-8-10-6-7-17-9-10/h2-5,10,13H,6-9H2,1H3/t10-/m1/s1. The van der Waals surface area contributed by atoms with Crippen molar-refractivity contribution in [2.24, 2.45) is 5.92 Å². The first-order valence-corrected chi connectivity index (χ1v) is 7.31. The second kappa shape index (κ2) is 5.69. The van der Waals surface area contributed by atoms with Crippen molar-refractivity contribution in [2.45, 2.75) is 11.3 Å². The summed E-state index contributed by atoms with van der Waals surface area (Å²) in [6.07, 6.45) is 0.908. The minimum absolute atomic E-state index is 0.252. The number of nitrogens with one attached hydrogen (secondary N) is 1. The minimum atomic E-state index is -3.43. The van der Waals surface area contributed by atoms with Gasteiger partial charge >= 0.3 is 0 Å². The maximum absolute atomic E-state index is 12.0. The quantitative estimate of drug-likeness (QED) is 0.868. The first kappa shape index (κ1) is 13.3. The zero-order chi connectivity index (χ0) is 13.0. The molecule has 0 aromatic heterocycles. The molecule has 1 heterocycles. The van der Waals surface area contributed by atoms with Gasteiger partial charge in [0.1, 0.15) is 5.75 Å². The van der Waals surface area contributed by atoms with E-state index in [1.54, 1.807) is 19.2 Å². The SMILES string of the molecule is COc1ccc(S(=O)(=O)NC[C@H]2CCOC2)cc1. The average Bonchev–Trinajstić information content (AvgIpc) is 2.90. The van der Waals surface area contributed by atoms with Crippen LogP contribution in [0.15, 0.2) is 29.2 Å². The molecule has 0 saturated carbocycles. The summed E-state index contributed by atoms with van der Waals surface area (Å²) in [5.74, 6) is 0.913. The van der Waals surface area contributed by atoms with Gasteiger partial charge < -0.3 is 9.47 Å². The Morgan fingerprint density at radius 2 is 2.11 bits per heavy atom. The Kier molecular flexibility index (Phi) is 4.21. The third kappa shape index (κ3) is 3.22. The van der Waals surface area contributed by atoms with Gasteiger partial charge in [-0.3, -0.25) is 0 Å². The lowest BCUT2D eigenvalue weighted by molar-refractivity contribution is 0.186. The molecule has 0 amide bonds. The van der Waals surface area contributed by atoms with Crippen molar-refractivity contribution < 1.29 is 17.9 Å². The molecule has 0 radical (unpaired) electrons. The molecule has 100 valence electrons. The van der Waals surface area contributed by atoms with Gasteiger partial charge in [-0.2, -0.15) is 0 Å². The van der Waals surface area contributed by atoms with Gasteiger partial charge in [-0.25, -0.2) is 13.1 Å². The van der Waals surface area contributed by atoms with Crippen molar-refractivity contribution in [1.29, 1.82) is 0 Å². The molecule has 1 aliphatic rings. The van der Waals surface area contributed by atoms with Crippen molar-refractivity contribution in [1.82, 2.24) is 4.72 Å². The van der Waals surface area contributed by atoms with E-state index in [2.05, 4.69) is 4.72 Å². The Bertz CT molecular complexity index is 477. The van der Waals surface area contributed by atoms with Crippen LogP contribution < -0.4 is 9.46 Å². The normalized spacial score (nSPS) is 19.9. The highest BCUT2D eigenvalue weighted by molar-refractivity contribution is 7.89. The molecule has 0 aliphatic carbocycles. The Morgan fingerprint density at radius 1 is 1.39 bits per heavy atom. The molecular formula is C12H17NO4S. The first-order valence-electron chi connectivity index (χ1n) is 5.83. The van der Waals surface area contributed by atoms with Gasteiger partial charge in [-0.05, 0) is 36.6 Å². The van der Waals surface area contributed by atoms with Gasteiger partial charge in [0, 0.05) is 13.2 Å². The molecule has 0 bridgehead atoms. The molecule has 2 rings (SSSR count). The molecule has 1 aromatic rings. The van der Waals surface area contributed by atoms with Gasteiger partial charge in [0.05, 0.1) is 18.6 Å². The highest BCUT2D eigenvalue weighted by Crippen LogP contribution is 2.16. The van der Waals surface area contributed by atoms with E-state index < -0.39 is 10.0 Å². The lowest BCUT2D eigenvalue weighted by Crippen LogP contribution is -2.29. The van der Waals surface area contributed by atoms with Crippen LogP contribution >= 0.6 is 0 Å². The highest BCUT2D eigenvalue weighted by atomic mass is 32.2. The van der Waals surface area contributed by atoms with Gasteiger partial charge in [0.25, 0.3) is 0 Å². The fourth-order valence-electron chi connectivity index (χ4n) is 1.81. The van der Waals surface area contributed by atoms with E-state index in [4.69, 9.17) is 9.47 Å². The Hall–Kier alpha value is -1.11. The smallest absolute Gasteiger partial charge is 0.240 e. The summed E-state index contributed by atoms with van der Waals surface area (Å²) in [4.78, 5) is 0.252. The second-order valence-electron chi connectivity index (χ2n) is 4.26. The van der Waals surface area contributed by atoms with E-state index in [9.17, 15) is 8.42 Å². The largest absolute Gasteiger partial charge is 0.497 e. The molecule has 6 heteroatoms.